The first kappa shape index (κ1) is 21.5. The van der Waals surface area contributed by atoms with Gasteiger partial charge in [0, 0.05) is 12.7 Å². The summed E-state index contributed by atoms with van der Waals surface area (Å²) in [5.74, 6) is 0.792. The zero-order chi connectivity index (χ0) is 21.7. The van der Waals surface area contributed by atoms with E-state index in [4.69, 9.17) is 28.2 Å². The van der Waals surface area contributed by atoms with Crippen LogP contribution in [0.1, 0.15) is 23.9 Å². The van der Waals surface area contributed by atoms with Gasteiger partial charge in [-0.2, -0.15) is 33.8 Å². The zero-order valence-electron chi connectivity index (χ0n) is 16.6. The normalized spacial score (nSPS) is 15.1. The predicted molar refractivity (Wildman–Crippen MR) is 126 cm³/mol. The Labute approximate surface area is 194 Å². The van der Waals surface area contributed by atoms with E-state index in [0.717, 1.165) is 0 Å². The highest BCUT2D eigenvalue weighted by Crippen LogP contribution is 2.39. The minimum Gasteiger partial charge on any atom is -0.382 e. The fraction of sp³-hybridized carbons (Fsp3) is 0.150. The molecule has 5 rings (SSSR count). The smallest absolute Gasteiger partial charge is 0.284 e. The van der Waals surface area contributed by atoms with Crippen LogP contribution < -0.4 is 21.9 Å². The summed E-state index contributed by atoms with van der Waals surface area (Å²) >= 11 is 6.25. The fourth-order valence-corrected chi connectivity index (χ4v) is 4.02. The molecule has 10 nitrogen and oxygen atoms in total. The molecule has 0 amide bonds. The van der Waals surface area contributed by atoms with Crippen LogP contribution in [0.2, 0.25) is 5.02 Å². The van der Waals surface area contributed by atoms with Gasteiger partial charge in [0.25, 0.3) is 5.56 Å². The van der Waals surface area contributed by atoms with Crippen molar-refractivity contribution in [2.24, 2.45) is 0 Å². The van der Waals surface area contributed by atoms with Gasteiger partial charge < -0.3 is 16.4 Å². The number of halogens is 1. The molecular weight excluding hydrogens is 450 g/mol. The molecule has 4 N–H and O–H groups in total. The number of hydrogen-bond acceptors (Lipinski definition) is 8. The lowest BCUT2D eigenvalue weighted by Gasteiger charge is -2.42. The van der Waals surface area contributed by atoms with Crippen LogP contribution in [0.3, 0.4) is 0 Å². The molecule has 1 atom stereocenters. The summed E-state index contributed by atoms with van der Waals surface area (Å²) in [6.07, 6.45) is 2.33. The number of nitrogens with zero attached hydrogens (tertiary/aromatic N) is 7. The molecule has 1 aliphatic heterocycles. The Hall–Kier alpha value is -3.75. The van der Waals surface area contributed by atoms with Gasteiger partial charge >= 0.3 is 0 Å². The number of rotatable bonds is 3. The molecule has 4 heterocycles. The van der Waals surface area contributed by atoms with E-state index in [0.29, 0.717) is 35.3 Å². The van der Waals surface area contributed by atoms with E-state index >= 15 is 0 Å². The Kier molecular flexibility index (Phi) is 5.41. The largest absolute Gasteiger partial charge is 0.382 e. The molecule has 32 heavy (non-hydrogen) atoms. The third-order valence-corrected chi connectivity index (χ3v) is 5.62. The number of fused-ring (bicyclic) bond motifs is 1. The van der Waals surface area contributed by atoms with Crippen LogP contribution in [0.25, 0.3) is 11.2 Å². The third kappa shape index (κ3) is 3.21. The molecule has 1 aliphatic rings. The van der Waals surface area contributed by atoms with Gasteiger partial charge in [0.05, 0.1) is 16.8 Å². The summed E-state index contributed by atoms with van der Waals surface area (Å²) in [5.41, 5.74) is 12.5. The van der Waals surface area contributed by atoms with E-state index in [1.807, 2.05) is 41.3 Å². The monoisotopic (exact) mass is 467 g/mol. The van der Waals surface area contributed by atoms with Crippen LogP contribution in [-0.4, -0.2) is 30.7 Å². The molecule has 0 spiro atoms. The van der Waals surface area contributed by atoms with E-state index in [1.165, 1.54) is 9.08 Å². The minimum absolute atomic E-state index is 0. The van der Waals surface area contributed by atoms with Crippen molar-refractivity contribution in [1.82, 2.24) is 24.1 Å². The highest BCUT2D eigenvalue weighted by molar-refractivity contribution is 7.59. The van der Waals surface area contributed by atoms with Crippen molar-refractivity contribution in [1.29, 1.82) is 5.26 Å². The van der Waals surface area contributed by atoms with Crippen LogP contribution in [0, 0.1) is 11.3 Å². The van der Waals surface area contributed by atoms with Gasteiger partial charge in [-0.3, -0.25) is 9.36 Å². The highest BCUT2D eigenvalue weighted by atomic mass is 35.5. The van der Waals surface area contributed by atoms with Crippen LogP contribution in [0.4, 0.5) is 17.6 Å². The van der Waals surface area contributed by atoms with E-state index in [1.54, 1.807) is 12.3 Å². The van der Waals surface area contributed by atoms with Gasteiger partial charge in [-0.25, -0.2) is 4.52 Å². The molecule has 0 aliphatic carbocycles. The van der Waals surface area contributed by atoms with E-state index < -0.39 is 0 Å². The van der Waals surface area contributed by atoms with Crippen molar-refractivity contribution in [3.8, 4) is 11.8 Å². The number of para-hydroxylation sites is 1. The number of hydrogen-bond donors (Lipinski definition) is 2. The summed E-state index contributed by atoms with van der Waals surface area (Å²) in [4.78, 5) is 23.4. The summed E-state index contributed by atoms with van der Waals surface area (Å²) < 4.78 is 3.02. The summed E-state index contributed by atoms with van der Waals surface area (Å²) in [6, 6.07) is 12.5. The van der Waals surface area contributed by atoms with Crippen molar-refractivity contribution in [3.05, 3.63) is 69.4 Å². The first-order valence-corrected chi connectivity index (χ1v) is 9.82. The molecule has 4 aromatic rings. The second-order valence-corrected chi connectivity index (χ2v) is 7.47. The van der Waals surface area contributed by atoms with Gasteiger partial charge in [-0.15, -0.1) is 0 Å². The topological polar surface area (TPSA) is 144 Å². The van der Waals surface area contributed by atoms with Crippen LogP contribution in [-0.2, 0) is 0 Å². The van der Waals surface area contributed by atoms with Crippen molar-refractivity contribution < 1.29 is 0 Å². The van der Waals surface area contributed by atoms with Crippen LogP contribution >= 0.6 is 25.1 Å². The molecule has 1 unspecified atom stereocenters. The molecule has 0 radical (unpaired) electrons. The predicted octanol–water partition coefficient (Wildman–Crippen LogP) is 2.03. The van der Waals surface area contributed by atoms with Crippen molar-refractivity contribution in [2.45, 2.75) is 12.5 Å². The molecule has 12 heteroatoms. The SMILES string of the molecule is N#Cc1c(N)nc(N)nc1N1CCC1c1nn2ccc(Cl)c2c(=O)n1-c1ccccc1.S. The van der Waals surface area contributed by atoms with Crippen molar-refractivity contribution >= 4 is 48.2 Å². The average Bonchev–Trinajstić information content (AvgIpc) is 3.09. The second-order valence-electron chi connectivity index (χ2n) is 7.07. The number of benzene rings is 1. The number of nitrogen functional groups attached to an aromatic ring is 2. The Morgan fingerprint density at radius 2 is 1.91 bits per heavy atom. The lowest BCUT2D eigenvalue weighted by atomic mass is 10.0. The molecule has 0 bridgehead atoms. The summed E-state index contributed by atoms with van der Waals surface area (Å²) in [7, 11) is 0. The molecule has 0 saturated carbocycles. The van der Waals surface area contributed by atoms with Gasteiger partial charge in [0.2, 0.25) is 5.95 Å². The Morgan fingerprint density at radius 1 is 1.16 bits per heavy atom. The minimum atomic E-state index is -0.334. The van der Waals surface area contributed by atoms with Gasteiger partial charge in [-0.05, 0) is 24.6 Å². The summed E-state index contributed by atoms with van der Waals surface area (Å²) in [6.45, 7) is 0.588. The molecule has 1 fully saturated rings. The molecule has 162 valence electrons. The lowest BCUT2D eigenvalue weighted by molar-refractivity contribution is 0.423. The van der Waals surface area contributed by atoms with Crippen LogP contribution in [0.5, 0.6) is 0 Å². The standard InChI is InChI=1S/C20H16ClN9O.H2S/c21-13-6-9-29-15(13)19(31)30(11-4-2-1-3-5-11)18(27-29)14-7-8-28(14)17-12(10-22)16(23)25-20(24)26-17;/h1-6,9,14H,7-8H2,(H4,23,24,25,26);1H2. The van der Waals surface area contributed by atoms with Gasteiger partial charge in [-0.1, -0.05) is 29.8 Å². The Morgan fingerprint density at radius 3 is 2.56 bits per heavy atom. The Balaban J connectivity index is 0.00000245. The molecule has 1 saturated heterocycles. The van der Waals surface area contributed by atoms with Crippen molar-refractivity contribution in [3.63, 3.8) is 0 Å². The first-order chi connectivity index (χ1) is 15.0. The molecule has 1 aromatic carbocycles. The lowest BCUT2D eigenvalue weighted by Crippen LogP contribution is -2.45. The maximum atomic E-state index is 13.4. The van der Waals surface area contributed by atoms with Gasteiger partial charge in [0.15, 0.2) is 11.6 Å². The number of nitriles is 1. The fourth-order valence-electron chi connectivity index (χ4n) is 3.80. The van der Waals surface area contributed by atoms with Crippen molar-refractivity contribution in [2.75, 3.05) is 22.9 Å². The molecular formula is C20H18ClN9OS. The van der Waals surface area contributed by atoms with Crippen LogP contribution in [0.15, 0.2) is 47.4 Å². The maximum absolute atomic E-state index is 13.4. The maximum Gasteiger partial charge on any atom is 0.284 e. The molecule has 3 aromatic heterocycles. The average molecular weight is 468 g/mol. The van der Waals surface area contributed by atoms with E-state index in [-0.39, 0.29) is 47.9 Å². The summed E-state index contributed by atoms with van der Waals surface area (Å²) in [5, 5.41) is 14.6. The zero-order valence-corrected chi connectivity index (χ0v) is 18.4. The third-order valence-electron chi connectivity index (χ3n) is 5.31. The highest BCUT2D eigenvalue weighted by Gasteiger charge is 2.37. The number of aromatic nitrogens is 5. The number of nitrogens with two attached hydrogens (primary N) is 2. The Bertz CT molecular complexity index is 1430. The first-order valence-electron chi connectivity index (χ1n) is 9.44. The van der Waals surface area contributed by atoms with Gasteiger partial charge in [0.1, 0.15) is 23.0 Å². The van der Waals surface area contributed by atoms with E-state index in [9.17, 15) is 10.1 Å². The number of anilines is 3. The quantitative estimate of drug-likeness (QED) is 0.465. The second kappa shape index (κ2) is 8.07. The van der Waals surface area contributed by atoms with E-state index in [2.05, 4.69) is 9.97 Å².